The van der Waals surface area contributed by atoms with Crippen molar-refractivity contribution in [3.05, 3.63) is 52.3 Å². The molecule has 0 bridgehead atoms. The Balaban J connectivity index is 1.28. The van der Waals surface area contributed by atoms with Crippen molar-refractivity contribution in [2.24, 2.45) is 5.41 Å². The molecule has 2 aromatic carbocycles. The van der Waals surface area contributed by atoms with Gasteiger partial charge in [-0.15, -0.1) is 0 Å². The number of anilines is 2. The van der Waals surface area contributed by atoms with Gasteiger partial charge in [-0.2, -0.15) is 0 Å². The predicted octanol–water partition coefficient (Wildman–Crippen LogP) is 6.35. The normalized spacial score (nSPS) is 22.8. The van der Waals surface area contributed by atoms with Crippen LogP contribution in [0.25, 0.3) is 11.1 Å². The van der Waals surface area contributed by atoms with E-state index in [2.05, 4.69) is 31.1 Å². The molecule has 3 aromatic rings. The van der Waals surface area contributed by atoms with E-state index in [0.29, 0.717) is 27.8 Å². The molecule has 2 heterocycles. The summed E-state index contributed by atoms with van der Waals surface area (Å²) in [5, 5.41) is 2.92. The number of oxazole rings is 1. The van der Waals surface area contributed by atoms with E-state index in [4.69, 9.17) is 4.42 Å². The highest BCUT2D eigenvalue weighted by Gasteiger charge is 2.60. The molecule has 0 radical (unpaired) electrons. The number of benzene rings is 2. The Morgan fingerprint density at radius 3 is 2.59 bits per heavy atom. The topological polar surface area (TPSA) is 58.4 Å². The van der Waals surface area contributed by atoms with Crippen LogP contribution in [0.15, 0.2) is 45.3 Å². The zero-order valence-electron chi connectivity index (χ0n) is 17.3. The largest absolute Gasteiger partial charge is 0.438 e. The summed E-state index contributed by atoms with van der Waals surface area (Å²) < 4.78 is 33.5. The number of fused-ring (bicyclic) bond motifs is 1. The number of rotatable bonds is 4. The van der Waals surface area contributed by atoms with Crippen LogP contribution >= 0.6 is 15.9 Å². The lowest BCUT2D eigenvalue weighted by atomic mass is 9.93. The van der Waals surface area contributed by atoms with E-state index in [-0.39, 0.29) is 18.2 Å². The van der Waals surface area contributed by atoms with E-state index in [9.17, 15) is 13.6 Å². The van der Waals surface area contributed by atoms with Gasteiger partial charge in [0.1, 0.15) is 11.4 Å². The quantitative estimate of drug-likeness (QED) is 0.452. The molecular formula is C24H22BrF2N3O2. The van der Waals surface area contributed by atoms with Gasteiger partial charge in [0.15, 0.2) is 5.58 Å². The smallest absolute Gasteiger partial charge is 0.260 e. The summed E-state index contributed by atoms with van der Waals surface area (Å²) in [6, 6.07) is 10.8. The average molecular weight is 502 g/mol. The van der Waals surface area contributed by atoms with Crippen molar-refractivity contribution in [3.63, 3.8) is 0 Å². The Morgan fingerprint density at radius 1 is 1.16 bits per heavy atom. The van der Waals surface area contributed by atoms with Crippen LogP contribution in [0.3, 0.4) is 0 Å². The second kappa shape index (κ2) is 7.01. The number of halogens is 3. The lowest BCUT2D eigenvalue weighted by Crippen LogP contribution is -2.35. The number of hydrogen-bond acceptors (Lipinski definition) is 4. The third-order valence-electron chi connectivity index (χ3n) is 7.13. The molecule has 1 spiro atoms. The van der Waals surface area contributed by atoms with Crippen LogP contribution in [0.2, 0.25) is 0 Å². The molecule has 32 heavy (non-hydrogen) atoms. The van der Waals surface area contributed by atoms with Crippen molar-refractivity contribution in [3.8, 4) is 0 Å². The number of carbonyl (C=O) groups excluding carboxylic acids is 1. The van der Waals surface area contributed by atoms with Gasteiger partial charge in [0.2, 0.25) is 5.89 Å². The number of nitrogens with one attached hydrogen (secondary N) is 1. The summed E-state index contributed by atoms with van der Waals surface area (Å²) in [5.74, 6) is -3.98. The summed E-state index contributed by atoms with van der Waals surface area (Å²) in [6.45, 7) is 1.88. The summed E-state index contributed by atoms with van der Waals surface area (Å²) in [7, 11) is 0. The Hall–Kier alpha value is -2.48. The number of carbonyl (C=O) groups is 1. The van der Waals surface area contributed by atoms with Gasteiger partial charge in [-0.1, -0.05) is 22.0 Å². The zero-order valence-corrected chi connectivity index (χ0v) is 18.9. The van der Waals surface area contributed by atoms with Gasteiger partial charge in [0, 0.05) is 24.0 Å². The molecule has 3 aliphatic rings. The minimum atomic E-state index is -2.76. The highest BCUT2D eigenvalue weighted by atomic mass is 79.9. The zero-order chi connectivity index (χ0) is 22.1. The number of piperidine rings is 1. The minimum absolute atomic E-state index is 0.0263. The first-order chi connectivity index (χ1) is 15.3. The Morgan fingerprint density at radius 2 is 1.91 bits per heavy atom. The highest BCUT2D eigenvalue weighted by molar-refractivity contribution is 9.10. The monoisotopic (exact) mass is 501 g/mol. The number of aromatic nitrogens is 1. The summed E-state index contributed by atoms with van der Waals surface area (Å²) in [6.07, 6.45) is 4.71. The molecule has 1 amide bonds. The number of nitrogens with zero attached hydrogens (tertiary/aromatic N) is 2. The summed E-state index contributed by atoms with van der Waals surface area (Å²) >= 11 is 3.53. The van der Waals surface area contributed by atoms with Crippen LogP contribution in [-0.2, 0) is 0 Å². The van der Waals surface area contributed by atoms with Crippen LogP contribution in [-0.4, -0.2) is 29.9 Å². The number of para-hydroxylation sites is 1. The summed E-state index contributed by atoms with van der Waals surface area (Å²) in [5.41, 5.74) is 3.23. The van der Waals surface area contributed by atoms with Gasteiger partial charge >= 0.3 is 0 Å². The fraction of sp³-hybridized carbons (Fsp3) is 0.417. The maximum Gasteiger partial charge on any atom is 0.260 e. The van der Waals surface area contributed by atoms with Crippen LogP contribution in [0.1, 0.15) is 54.3 Å². The first-order valence-electron chi connectivity index (χ1n) is 11.0. The number of amides is 1. The van der Waals surface area contributed by atoms with Crippen LogP contribution in [0.4, 0.5) is 20.2 Å². The molecule has 166 valence electrons. The molecule has 8 heteroatoms. The van der Waals surface area contributed by atoms with Gasteiger partial charge in [-0.3, -0.25) is 4.79 Å². The molecule has 6 rings (SSSR count). The Bertz CT molecular complexity index is 1230. The minimum Gasteiger partial charge on any atom is -0.438 e. The van der Waals surface area contributed by atoms with E-state index in [1.165, 1.54) is 12.8 Å². The molecule has 2 aliphatic carbocycles. The van der Waals surface area contributed by atoms with Crippen molar-refractivity contribution < 1.29 is 18.0 Å². The fourth-order valence-corrected chi connectivity index (χ4v) is 5.09. The molecule has 1 unspecified atom stereocenters. The van der Waals surface area contributed by atoms with Crippen LogP contribution in [0.5, 0.6) is 0 Å². The van der Waals surface area contributed by atoms with Gasteiger partial charge in [-0.25, -0.2) is 13.8 Å². The van der Waals surface area contributed by atoms with E-state index >= 15 is 0 Å². The van der Waals surface area contributed by atoms with Gasteiger partial charge in [0.25, 0.3) is 11.8 Å². The Kier molecular flexibility index (Phi) is 4.41. The van der Waals surface area contributed by atoms with Crippen molar-refractivity contribution in [1.29, 1.82) is 0 Å². The van der Waals surface area contributed by atoms with Crippen molar-refractivity contribution in [2.45, 2.75) is 43.9 Å². The number of alkyl halides is 2. The second-order valence-electron chi connectivity index (χ2n) is 9.33. The molecular weight excluding hydrogens is 480 g/mol. The van der Waals surface area contributed by atoms with E-state index < -0.39 is 11.8 Å². The van der Waals surface area contributed by atoms with Gasteiger partial charge in [-0.05, 0) is 61.4 Å². The molecule has 2 saturated carbocycles. The lowest BCUT2D eigenvalue weighted by Gasteiger charge is -2.35. The van der Waals surface area contributed by atoms with Crippen molar-refractivity contribution in [2.75, 3.05) is 23.3 Å². The van der Waals surface area contributed by atoms with Crippen LogP contribution < -0.4 is 10.2 Å². The summed E-state index contributed by atoms with van der Waals surface area (Å²) in [4.78, 5) is 19.8. The maximum absolute atomic E-state index is 13.5. The number of hydrogen-bond donors (Lipinski definition) is 1. The van der Waals surface area contributed by atoms with Crippen molar-refractivity contribution >= 4 is 44.3 Å². The first kappa shape index (κ1) is 20.1. The van der Waals surface area contributed by atoms with Crippen LogP contribution in [0, 0.1) is 5.41 Å². The standard InChI is InChI=1S/C24H22BrF2N3O2/c25-14-4-5-15(19(12-14)30-10-8-23(6-7-23)9-11-30)21(31)28-17-2-1-3-18-20(17)32-22(29-18)16-13-24(16,26)27/h1-5,12,16H,6-11,13H2,(H,28,31). The predicted molar refractivity (Wildman–Crippen MR) is 122 cm³/mol. The van der Waals surface area contributed by atoms with E-state index in [0.717, 1.165) is 36.1 Å². The Labute approximate surface area is 192 Å². The molecule has 1 atom stereocenters. The molecule has 1 N–H and O–H groups in total. The van der Waals surface area contributed by atoms with E-state index in [1.54, 1.807) is 18.2 Å². The molecule has 5 nitrogen and oxygen atoms in total. The SMILES string of the molecule is O=C(Nc1cccc2nc(C3CC3(F)F)oc12)c1ccc(Br)cc1N1CCC2(CC1)CC2. The van der Waals surface area contributed by atoms with Gasteiger partial charge in [0.05, 0.1) is 16.9 Å². The molecule has 1 saturated heterocycles. The molecule has 1 aliphatic heterocycles. The third-order valence-corrected chi connectivity index (χ3v) is 7.62. The highest BCUT2D eigenvalue weighted by Crippen LogP contribution is 2.56. The second-order valence-corrected chi connectivity index (χ2v) is 10.2. The molecule has 3 fully saturated rings. The van der Waals surface area contributed by atoms with Gasteiger partial charge < -0.3 is 14.6 Å². The van der Waals surface area contributed by atoms with E-state index in [1.807, 2.05) is 18.2 Å². The maximum atomic E-state index is 13.5. The average Bonchev–Trinajstić information content (AvgIpc) is 3.61. The third kappa shape index (κ3) is 3.49. The lowest BCUT2D eigenvalue weighted by molar-refractivity contribution is 0.102. The fourth-order valence-electron chi connectivity index (χ4n) is 4.74. The molecule has 1 aromatic heterocycles. The van der Waals surface area contributed by atoms with Crippen molar-refractivity contribution in [1.82, 2.24) is 4.98 Å². The first-order valence-corrected chi connectivity index (χ1v) is 11.8.